The van der Waals surface area contributed by atoms with Crippen LogP contribution in [0.1, 0.15) is 31.9 Å². The monoisotopic (exact) mass is 217 g/mol. The molecular formula is C11H14F3N. The van der Waals surface area contributed by atoms with Crippen molar-refractivity contribution in [3.8, 4) is 0 Å². The minimum atomic E-state index is -0.925. The van der Waals surface area contributed by atoms with Gasteiger partial charge < -0.3 is 5.73 Å². The van der Waals surface area contributed by atoms with Gasteiger partial charge in [0, 0.05) is 23.7 Å². The summed E-state index contributed by atoms with van der Waals surface area (Å²) in [6.07, 6.45) is 0.458. The van der Waals surface area contributed by atoms with Crippen LogP contribution in [0.4, 0.5) is 13.2 Å². The first-order valence-electron chi connectivity index (χ1n) is 4.81. The second kappa shape index (κ2) is 4.66. The first-order chi connectivity index (χ1) is 6.91. The van der Waals surface area contributed by atoms with Crippen LogP contribution in [-0.2, 0) is 0 Å². The molecule has 1 atom stereocenters. The number of nitrogens with two attached hydrogens (primary N) is 1. The van der Waals surface area contributed by atoms with E-state index in [-0.39, 0.29) is 11.5 Å². The molecule has 0 radical (unpaired) electrons. The fourth-order valence-corrected chi connectivity index (χ4v) is 1.53. The van der Waals surface area contributed by atoms with Crippen molar-refractivity contribution in [1.29, 1.82) is 0 Å². The SMILES string of the molecule is CC(C)C[C@H](N)c1c(F)cc(F)cc1F. The Bertz CT molecular complexity index is 327. The normalized spacial score (nSPS) is 13.3. The van der Waals surface area contributed by atoms with Gasteiger partial charge in [-0.15, -0.1) is 0 Å². The Morgan fingerprint density at radius 1 is 1.13 bits per heavy atom. The third kappa shape index (κ3) is 2.96. The van der Waals surface area contributed by atoms with Crippen molar-refractivity contribution < 1.29 is 13.2 Å². The van der Waals surface area contributed by atoms with Gasteiger partial charge in [0.2, 0.25) is 0 Å². The zero-order valence-electron chi connectivity index (χ0n) is 8.73. The predicted octanol–water partition coefficient (Wildman–Crippen LogP) is 3.15. The van der Waals surface area contributed by atoms with Crippen LogP contribution in [0.5, 0.6) is 0 Å². The molecular weight excluding hydrogens is 203 g/mol. The molecule has 0 heterocycles. The Hall–Kier alpha value is -1.03. The Kier molecular flexibility index (Phi) is 3.74. The summed E-state index contributed by atoms with van der Waals surface area (Å²) in [7, 11) is 0. The van der Waals surface area contributed by atoms with Gasteiger partial charge in [0.15, 0.2) is 0 Å². The van der Waals surface area contributed by atoms with Crippen molar-refractivity contribution in [3.63, 3.8) is 0 Å². The average molecular weight is 217 g/mol. The van der Waals surface area contributed by atoms with Gasteiger partial charge in [0.05, 0.1) is 0 Å². The van der Waals surface area contributed by atoms with Crippen LogP contribution >= 0.6 is 0 Å². The molecule has 0 aliphatic rings. The van der Waals surface area contributed by atoms with Gasteiger partial charge in [-0.2, -0.15) is 0 Å². The van der Waals surface area contributed by atoms with E-state index in [1.807, 2.05) is 13.8 Å². The molecule has 0 spiro atoms. The van der Waals surface area contributed by atoms with Crippen LogP contribution in [0, 0.1) is 23.4 Å². The number of halogens is 3. The molecule has 0 aliphatic carbocycles. The second-order valence-electron chi connectivity index (χ2n) is 4.02. The molecule has 0 fully saturated rings. The van der Waals surface area contributed by atoms with Crippen molar-refractivity contribution in [1.82, 2.24) is 0 Å². The molecule has 1 nitrogen and oxygen atoms in total. The molecule has 0 unspecified atom stereocenters. The lowest BCUT2D eigenvalue weighted by Gasteiger charge is -2.15. The second-order valence-corrected chi connectivity index (χ2v) is 4.02. The third-order valence-electron chi connectivity index (χ3n) is 2.14. The Labute approximate surface area is 87.1 Å². The van der Waals surface area contributed by atoms with Gasteiger partial charge in [-0.1, -0.05) is 13.8 Å². The molecule has 15 heavy (non-hydrogen) atoms. The predicted molar refractivity (Wildman–Crippen MR) is 52.7 cm³/mol. The molecule has 1 aromatic carbocycles. The molecule has 0 saturated carbocycles. The largest absolute Gasteiger partial charge is 0.324 e. The van der Waals surface area contributed by atoms with Gasteiger partial charge in [0.1, 0.15) is 17.5 Å². The van der Waals surface area contributed by atoms with Gasteiger partial charge in [-0.25, -0.2) is 13.2 Å². The zero-order valence-corrected chi connectivity index (χ0v) is 8.73. The van der Waals surface area contributed by atoms with E-state index in [0.29, 0.717) is 18.6 Å². The first kappa shape index (κ1) is 12.0. The number of rotatable bonds is 3. The van der Waals surface area contributed by atoms with Crippen LogP contribution in [0.15, 0.2) is 12.1 Å². The highest BCUT2D eigenvalue weighted by Crippen LogP contribution is 2.24. The minimum Gasteiger partial charge on any atom is -0.324 e. The molecule has 84 valence electrons. The molecule has 1 aromatic rings. The summed E-state index contributed by atoms with van der Waals surface area (Å²) in [5.41, 5.74) is 5.41. The minimum absolute atomic E-state index is 0.226. The van der Waals surface area contributed by atoms with E-state index in [9.17, 15) is 13.2 Å². The summed E-state index contributed by atoms with van der Waals surface area (Å²) in [5.74, 6) is -2.53. The summed E-state index contributed by atoms with van der Waals surface area (Å²) in [4.78, 5) is 0. The summed E-state index contributed by atoms with van der Waals surface area (Å²) >= 11 is 0. The maximum atomic E-state index is 13.3. The fraction of sp³-hybridized carbons (Fsp3) is 0.455. The molecule has 0 amide bonds. The Morgan fingerprint density at radius 2 is 1.60 bits per heavy atom. The topological polar surface area (TPSA) is 26.0 Å². The lowest BCUT2D eigenvalue weighted by molar-refractivity contribution is 0.455. The zero-order chi connectivity index (χ0) is 11.6. The summed E-state index contributed by atoms with van der Waals surface area (Å²) < 4.78 is 39.1. The van der Waals surface area contributed by atoms with Crippen LogP contribution in [0.3, 0.4) is 0 Å². The van der Waals surface area contributed by atoms with Crippen molar-refractivity contribution in [2.24, 2.45) is 11.7 Å². The van der Waals surface area contributed by atoms with Crippen LogP contribution < -0.4 is 5.73 Å². The van der Waals surface area contributed by atoms with Gasteiger partial charge in [-0.05, 0) is 12.3 Å². The Balaban J connectivity index is 3.03. The Morgan fingerprint density at radius 3 is 2.00 bits per heavy atom. The van der Waals surface area contributed by atoms with Gasteiger partial charge >= 0.3 is 0 Å². The van der Waals surface area contributed by atoms with E-state index < -0.39 is 23.5 Å². The molecule has 2 N–H and O–H groups in total. The lowest BCUT2D eigenvalue weighted by Crippen LogP contribution is -2.16. The van der Waals surface area contributed by atoms with E-state index >= 15 is 0 Å². The van der Waals surface area contributed by atoms with Crippen molar-refractivity contribution in [2.75, 3.05) is 0 Å². The van der Waals surface area contributed by atoms with Gasteiger partial charge in [-0.3, -0.25) is 0 Å². The third-order valence-corrected chi connectivity index (χ3v) is 2.14. The van der Waals surface area contributed by atoms with Crippen LogP contribution in [0.25, 0.3) is 0 Å². The maximum absolute atomic E-state index is 13.3. The summed E-state index contributed by atoms with van der Waals surface area (Å²) in [6, 6.07) is 0.572. The number of hydrogen-bond acceptors (Lipinski definition) is 1. The van der Waals surface area contributed by atoms with Crippen molar-refractivity contribution in [3.05, 3.63) is 35.1 Å². The molecule has 0 saturated heterocycles. The summed E-state index contributed by atoms with van der Waals surface area (Å²) in [6.45, 7) is 3.80. The number of hydrogen-bond donors (Lipinski definition) is 1. The van der Waals surface area contributed by atoms with E-state index in [1.165, 1.54) is 0 Å². The van der Waals surface area contributed by atoms with Crippen LogP contribution in [0.2, 0.25) is 0 Å². The lowest BCUT2D eigenvalue weighted by atomic mass is 9.97. The summed E-state index contributed by atoms with van der Waals surface area (Å²) in [5, 5.41) is 0. The highest BCUT2D eigenvalue weighted by molar-refractivity contribution is 5.23. The average Bonchev–Trinajstić information content (AvgIpc) is 1.99. The first-order valence-corrected chi connectivity index (χ1v) is 4.81. The van der Waals surface area contributed by atoms with E-state index in [2.05, 4.69) is 0 Å². The van der Waals surface area contributed by atoms with E-state index in [0.717, 1.165) is 0 Å². The van der Waals surface area contributed by atoms with Crippen LogP contribution in [-0.4, -0.2) is 0 Å². The van der Waals surface area contributed by atoms with Crippen molar-refractivity contribution >= 4 is 0 Å². The molecule has 0 aromatic heterocycles. The molecule has 0 aliphatic heterocycles. The molecule has 0 bridgehead atoms. The van der Waals surface area contributed by atoms with Gasteiger partial charge in [0.25, 0.3) is 0 Å². The number of benzene rings is 1. The van der Waals surface area contributed by atoms with Crippen molar-refractivity contribution in [2.45, 2.75) is 26.3 Å². The standard InChI is InChI=1S/C11H14F3N/c1-6(2)3-10(15)11-8(13)4-7(12)5-9(11)14/h4-6,10H,3,15H2,1-2H3/t10-/m0/s1. The van der Waals surface area contributed by atoms with E-state index in [1.54, 1.807) is 0 Å². The van der Waals surface area contributed by atoms with E-state index in [4.69, 9.17) is 5.73 Å². The molecule has 1 rings (SSSR count). The quantitative estimate of drug-likeness (QED) is 0.826. The highest BCUT2D eigenvalue weighted by Gasteiger charge is 2.18. The highest BCUT2D eigenvalue weighted by atomic mass is 19.1. The fourth-order valence-electron chi connectivity index (χ4n) is 1.53. The molecule has 4 heteroatoms. The smallest absolute Gasteiger partial charge is 0.133 e. The maximum Gasteiger partial charge on any atom is 0.133 e.